The fourth-order valence-electron chi connectivity index (χ4n) is 2.84. The molecule has 0 unspecified atom stereocenters. The minimum atomic E-state index is 0.190. The zero-order chi connectivity index (χ0) is 14.8. The van der Waals surface area contributed by atoms with E-state index in [2.05, 4.69) is 4.98 Å². The Hall–Kier alpha value is -2.30. The molecule has 1 aromatic carbocycles. The summed E-state index contributed by atoms with van der Waals surface area (Å²) >= 11 is 0. The average Bonchev–Trinajstić information content (AvgIpc) is 3.00. The molecule has 0 aliphatic carbocycles. The number of carbonyl (C=O) groups excluding carboxylic acids is 1. The zero-order valence-corrected chi connectivity index (χ0v) is 12.2. The van der Waals surface area contributed by atoms with Crippen LogP contribution in [0.4, 0.5) is 11.4 Å². The normalized spacial score (nSPS) is 14.6. The van der Waals surface area contributed by atoms with Crippen molar-refractivity contribution in [2.24, 2.45) is 0 Å². The molecule has 1 saturated heterocycles. The number of hydrogen-bond acceptors (Lipinski definition) is 4. The zero-order valence-electron chi connectivity index (χ0n) is 12.2. The highest BCUT2D eigenvalue weighted by molar-refractivity contribution is 5.94. The lowest BCUT2D eigenvalue weighted by Crippen LogP contribution is -2.37. The van der Waals surface area contributed by atoms with Gasteiger partial charge in [-0.2, -0.15) is 0 Å². The molecule has 1 aliphatic rings. The van der Waals surface area contributed by atoms with E-state index in [-0.39, 0.29) is 5.91 Å². The van der Waals surface area contributed by atoms with Crippen molar-refractivity contribution < 1.29 is 4.79 Å². The van der Waals surface area contributed by atoms with E-state index >= 15 is 0 Å². The molecule has 0 saturated carbocycles. The van der Waals surface area contributed by atoms with Crippen LogP contribution in [0.1, 0.15) is 12.8 Å². The predicted molar refractivity (Wildman–Crippen MR) is 85.2 cm³/mol. The number of nitrogens with zero attached hydrogens (tertiary/aromatic N) is 3. The Morgan fingerprint density at radius 2 is 2.10 bits per heavy atom. The highest BCUT2D eigenvalue weighted by Crippen LogP contribution is 2.26. The molecule has 2 aromatic rings. The number of fused-ring (bicyclic) bond motifs is 1. The Morgan fingerprint density at radius 1 is 1.33 bits per heavy atom. The van der Waals surface area contributed by atoms with Gasteiger partial charge in [0, 0.05) is 43.1 Å². The fourth-order valence-corrected chi connectivity index (χ4v) is 2.84. The summed E-state index contributed by atoms with van der Waals surface area (Å²) in [6.45, 7) is 2.17. The van der Waals surface area contributed by atoms with Crippen LogP contribution in [0.15, 0.2) is 30.5 Å². The number of aromatic nitrogens is 1. The van der Waals surface area contributed by atoms with Crippen molar-refractivity contribution in [1.29, 1.82) is 0 Å². The number of rotatable bonds is 3. The third kappa shape index (κ3) is 2.77. The number of likely N-dealkylation sites (N-methyl/N-ethyl adjacent to an activating group) is 1. The minimum Gasteiger partial charge on any atom is -0.399 e. The molecule has 3 rings (SSSR count). The number of anilines is 2. The van der Waals surface area contributed by atoms with Crippen molar-refractivity contribution in [2.45, 2.75) is 12.8 Å². The van der Waals surface area contributed by atoms with Gasteiger partial charge < -0.3 is 15.5 Å². The number of pyridine rings is 1. The van der Waals surface area contributed by atoms with E-state index in [1.807, 2.05) is 41.1 Å². The Morgan fingerprint density at radius 3 is 2.86 bits per heavy atom. The van der Waals surface area contributed by atoms with Gasteiger partial charge in [-0.15, -0.1) is 0 Å². The van der Waals surface area contributed by atoms with Gasteiger partial charge in [0.05, 0.1) is 12.1 Å². The number of carbonyl (C=O) groups is 1. The second kappa shape index (κ2) is 5.60. The van der Waals surface area contributed by atoms with Gasteiger partial charge in [0.15, 0.2) is 0 Å². The number of nitrogens with two attached hydrogens (primary N) is 1. The second-order valence-corrected chi connectivity index (χ2v) is 5.55. The predicted octanol–water partition coefficient (Wildman–Crippen LogP) is 1.88. The Labute approximate surface area is 124 Å². The summed E-state index contributed by atoms with van der Waals surface area (Å²) < 4.78 is 0. The van der Waals surface area contributed by atoms with E-state index in [4.69, 9.17) is 5.73 Å². The van der Waals surface area contributed by atoms with Crippen molar-refractivity contribution in [1.82, 2.24) is 9.88 Å². The first-order chi connectivity index (χ1) is 10.1. The van der Waals surface area contributed by atoms with Crippen LogP contribution in [-0.4, -0.2) is 42.5 Å². The van der Waals surface area contributed by atoms with Crippen LogP contribution in [0, 0.1) is 0 Å². The molecule has 110 valence electrons. The molecule has 0 radical (unpaired) electrons. The number of benzene rings is 1. The van der Waals surface area contributed by atoms with E-state index < -0.39 is 0 Å². The van der Waals surface area contributed by atoms with E-state index in [9.17, 15) is 4.79 Å². The van der Waals surface area contributed by atoms with Gasteiger partial charge in [-0.3, -0.25) is 9.78 Å². The minimum absolute atomic E-state index is 0.190. The molecule has 21 heavy (non-hydrogen) atoms. The van der Waals surface area contributed by atoms with Crippen LogP contribution in [0.2, 0.25) is 0 Å². The summed E-state index contributed by atoms with van der Waals surface area (Å²) in [7, 11) is 1.94. The SMILES string of the molecule is CN(CC(=O)N1CCCC1)c1ccnc2cc(N)ccc12. The molecule has 2 N–H and O–H groups in total. The molecule has 1 fully saturated rings. The maximum Gasteiger partial charge on any atom is 0.242 e. The highest BCUT2D eigenvalue weighted by atomic mass is 16.2. The van der Waals surface area contributed by atoms with Crippen LogP contribution in [0.5, 0.6) is 0 Å². The van der Waals surface area contributed by atoms with E-state index in [1.54, 1.807) is 6.20 Å². The smallest absolute Gasteiger partial charge is 0.242 e. The molecule has 0 atom stereocenters. The summed E-state index contributed by atoms with van der Waals surface area (Å²) in [5.41, 5.74) is 8.36. The van der Waals surface area contributed by atoms with Crippen molar-refractivity contribution in [2.75, 3.05) is 37.3 Å². The monoisotopic (exact) mass is 284 g/mol. The standard InChI is InChI=1S/C16H20N4O/c1-19(11-16(21)20-8-2-3-9-20)15-6-7-18-14-10-12(17)4-5-13(14)15/h4-7,10H,2-3,8-9,11,17H2,1H3. The molecule has 1 aromatic heterocycles. The molecule has 5 heteroatoms. The van der Waals surface area contributed by atoms with Crippen LogP contribution < -0.4 is 10.6 Å². The second-order valence-electron chi connectivity index (χ2n) is 5.55. The highest BCUT2D eigenvalue weighted by Gasteiger charge is 2.19. The molecular formula is C16H20N4O. The van der Waals surface area contributed by atoms with Crippen molar-refractivity contribution in [3.8, 4) is 0 Å². The third-order valence-corrected chi connectivity index (χ3v) is 3.99. The summed E-state index contributed by atoms with van der Waals surface area (Å²) in [6, 6.07) is 7.62. The number of likely N-dealkylation sites (tertiary alicyclic amines) is 1. The summed E-state index contributed by atoms with van der Waals surface area (Å²) in [5.74, 6) is 0.190. The first kappa shape index (κ1) is 13.7. The molecule has 0 spiro atoms. The van der Waals surface area contributed by atoms with Crippen LogP contribution in [0.25, 0.3) is 10.9 Å². The lowest BCUT2D eigenvalue weighted by Gasteiger charge is -2.23. The number of nitrogen functional groups attached to an aromatic ring is 1. The van der Waals surface area contributed by atoms with Crippen LogP contribution >= 0.6 is 0 Å². The van der Waals surface area contributed by atoms with Gasteiger partial charge in [-0.1, -0.05) is 0 Å². The van der Waals surface area contributed by atoms with E-state index in [0.717, 1.165) is 42.5 Å². The van der Waals surface area contributed by atoms with E-state index in [1.165, 1.54) is 0 Å². The number of hydrogen-bond donors (Lipinski definition) is 1. The number of amides is 1. The largest absolute Gasteiger partial charge is 0.399 e. The molecular weight excluding hydrogens is 264 g/mol. The van der Waals surface area contributed by atoms with Crippen LogP contribution in [0.3, 0.4) is 0 Å². The van der Waals surface area contributed by atoms with Gasteiger partial charge in [-0.25, -0.2) is 0 Å². The maximum atomic E-state index is 12.3. The fraction of sp³-hybridized carbons (Fsp3) is 0.375. The Kier molecular flexibility index (Phi) is 3.64. The summed E-state index contributed by atoms with van der Waals surface area (Å²) in [6.07, 6.45) is 3.99. The molecule has 1 amide bonds. The third-order valence-electron chi connectivity index (χ3n) is 3.99. The quantitative estimate of drug-likeness (QED) is 0.874. The topological polar surface area (TPSA) is 62.5 Å². The van der Waals surface area contributed by atoms with E-state index in [0.29, 0.717) is 12.2 Å². The lowest BCUT2D eigenvalue weighted by molar-refractivity contribution is -0.128. The Bertz CT molecular complexity index is 664. The van der Waals surface area contributed by atoms with Gasteiger partial charge >= 0.3 is 0 Å². The van der Waals surface area contributed by atoms with Gasteiger partial charge in [0.1, 0.15) is 0 Å². The van der Waals surface area contributed by atoms with Gasteiger partial charge in [0.25, 0.3) is 0 Å². The van der Waals surface area contributed by atoms with Crippen molar-refractivity contribution in [3.63, 3.8) is 0 Å². The first-order valence-corrected chi connectivity index (χ1v) is 7.28. The van der Waals surface area contributed by atoms with Gasteiger partial charge in [0.2, 0.25) is 5.91 Å². The Balaban J connectivity index is 1.84. The summed E-state index contributed by atoms with van der Waals surface area (Å²) in [5, 5.41) is 1.02. The molecule has 5 nitrogen and oxygen atoms in total. The van der Waals surface area contributed by atoms with Crippen LogP contribution in [-0.2, 0) is 4.79 Å². The summed E-state index contributed by atoms with van der Waals surface area (Å²) in [4.78, 5) is 20.5. The van der Waals surface area contributed by atoms with Crippen molar-refractivity contribution >= 4 is 28.2 Å². The average molecular weight is 284 g/mol. The maximum absolute atomic E-state index is 12.3. The lowest BCUT2D eigenvalue weighted by atomic mass is 10.1. The molecule has 2 heterocycles. The molecule has 0 bridgehead atoms. The first-order valence-electron chi connectivity index (χ1n) is 7.28. The van der Waals surface area contributed by atoms with Gasteiger partial charge in [-0.05, 0) is 37.1 Å². The van der Waals surface area contributed by atoms with Crippen molar-refractivity contribution in [3.05, 3.63) is 30.5 Å². The molecule has 1 aliphatic heterocycles.